The first kappa shape index (κ1) is 15.3. The van der Waals surface area contributed by atoms with Crippen LogP contribution in [-0.2, 0) is 0 Å². The van der Waals surface area contributed by atoms with Gasteiger partial charge in [-0.05, 0) is 65.6 Å². The molecule has 0 aliphatic heterocycles. The van der Waals surface area contributed by atoms with E-state index in [0.717, 1.165) is 0 Å². The van der Waals surface area contributed by atoms with Crippen molar-refractivity contribution in [1.29, 1.82) is 0 Å². The van der Waals surface area contributed by atoms with Gasteiger partial charge in [0.2, 0.25) is 0 Å². The van der Waals surface area contributed by atoms with E-state index in [1.165, 1.54) is 0 Å². The summed E-state index contributed by atoms with van der Waals surface area (Å²) in [5.74, 6) is -0.195. The van der Waals surface area contributed by atoms with E-state index in [4.69, 9.17) is 38.0 Å². The molecule has 0 bridgehead atoms. The number of nitrogens with zero attached hydrogens (tertiary/aromatic N) is 3. The first-order valence-corrected chi connectivity index (χ1v) is 15.4. The Hall–Kier alpha value is -6.98. The Morgan fingerprint density at radius 3 is 2.02 bits per heavy atom. The SMILES string of the molecule is [2H]c1c([2H])c([2H])c(-c2c([2H])c([2H])c(N(c3c([2H])c([2H])c([2H])c([2H])c3[2H])c3c([2H])c([2H])c4c(oc5c([2H])c([2H])c([2H])c(-c6nc(-c7ccccc7)c7oc8ccccc8c7n6)c54)c3[2H])c([2H])c2[2H])c([2H])c1[2H]. The summed E-state index contributed by atoms with van der Waals surface area (Å²) in [4.78, 5) is 10.2. The summed E-state index contributed by atoms with van der Waals surface area (Å²) in [5, 5.41) is -0.0606. The maximum absolute atomic E-state index is 9.74. The van der Waals surface area contributed by atoms with E-state index in [-0.39, 0.29) is 33.4 Å². The largest absolute Gasteiger partial charge is 0.456 e. The van der Waals surface area contributed by atoms with Crippen molar-refractivity contribution in [3.63, 3.8) is 0 Å². The lowest BCUT2D eigenvalue weighted by atomic mass is 10.0. The van der Waals surface area contributed by atoms with Crippen molar-refractivity contribution in [3.8, 4) is 33.8 Å². The van der Waals surface area contributed by atoms with Crippen molar-refractivity contribution in [2.75, 3.05) is 4.90 Å². The highest BCUT2D eigenvalue weighted by Gasteiger charge is 2.22. The molecule has 3 aromatic heterocycles. The molecule has 5 heteroatoms. The Labute approximate surface area is 321 Å². The van der Waals surface area contributed by atoms with Crippen LogP contribution in [0.3, 0.4) is 0 Å². The number of aromatic nitrogens is 2. The Bertz CT molecular complexity index is 3940. The monoisotopic (exact) mass is 675 g/mol. The first-order valence-electron chi connectivity index (χ1n) is 25.4. The fourth-order valence-corrected chi connectivity index (χ4v) is 5.82. The Morgan fingerprint density at radius 2 is 1.20 bits per heavy atom. The van der Waals surface area contributed by atoms with Crippen LogP contribution < -0.4 is 4.90 Å². The molecule has 0 fully saturated rings. The van der Waals surface area contributed by atoms with Gasteiger partial charge in [0.1, 0.15) is 28.0 Å². The summed E-state index contributed by atoms with van der Waals surface area (Å²) >= 11 is 0. The molecule has 0 saturated carbocycles. The predicted octanol–water partition coefficient (Wildman–Crippen LogP) is 12.7. The van der Waals surface area contributed by atoms with Crippen LogP contribution in [0.25, 0.3) is 77.8 Å². The van der Waals surface area contributed by atoms with Gasteiger partial charge in [-0.25, -0.2) is 9.97 Å². The molecule has 0 atom stereocenters. The number of para-hydroxylation sites is 2. The van der Waals surface area contributed by atoms with E-state index in [2.05, 4.69) is 0 Å². The lowest BCUT2D eigenvalue weighted by molar-refractivity contribution is 0.667. The highest BCUT2D eigenvalue weighted by molar-refractivity contribution is 6.14. The fourth-order valence-electron chi connectivity index (χ4n) is 5.82. The number of hydrogen-bond donors (Lipinski definition) is 0. The molecule has 0 N–H and O–H groups in total. The topological polar surface area (TPSA) is 55.3 Å². The number of anilines is 3. The van der Waals surface area contributed by atoms with Crippen molar-refractivity contribution < 1.29 is 36.2 Å². The van der Waals surface area contributed by atoms with Crippen molar-refractivity contribution in [2.45, 2.75) is 0 Å². The molecular weight excluding hydrogens is 627 g/mol. The second-order valence-electron chi connectivity index (χ2n) is 11.1. The molecule has 10 rings (SSSR count). The first-order chi connectivity index (χ1) is 33.6. The van der Waals surface area contributed by atoms with Crippen LogP contribution in [0, 0.1) is 0 Å². The zero-order valence-electron chi connectivity index (χ0n) is 45.9. The van der Waals surface area contributed by atoms with Crippen LogP contribution in [0.4, 0.5) is 17.1 Å². The zero-order chi connectivity index (χ0) is 51.1. The highest BCUT2D eigenvalue weighted by Crippen LogP contribution is 2.42. The summed E-state index contributed by atoms with van der Waals surface area (Å²) in [5.41, 5.74) is -3.66. The number of benzene rings is 7. The second kappa shape index (κ2) is 11.9. The van der Waals surface area contributed by atoms with E-state index in [1.54, 1.807) is 54.6 Å². The van der Waals surface area contributed by atoms with Crippen LogP contribution in [0.15, 0.2) is 184 Å². The van der Waals surface area contributed by atoms with Crippen LogP contribution in [-0.4, -0.2) is 9.97 Å². The van der Waals surface area contributed by atoms with E-state index in [9.17, 15) is 8.22 Å². The number of rotatable bonds is 6. The van der Waals surface area contributed by atoms with E-state index >= 15 is 0 Å². The molecule has 0 unspecified atom stereocenters. The fraction of sp³-hybridized carbons (Fsp3) is 0. The summed E-state index contributed by atoms with van der Waals surface area (Å²) in [6.07, 6.45) is 0. The van der Waals surface area contributed by atoms with Crippen molar-refractivity contribution >= 4 is 61.1 Å². The molecule has 3 heterocycles. The zero-order valence-corrected chi connectivity index (χ0v) is 25.9. The number of fused-ring (bicyclic) bond motifs is 6. The predicted molar refractivity (Wildman–Crippen MR) is 208 cm³/mol. The average molecular weight is 676 g/mol. The molecule has 0 amide bonds. The second-order valence-corrected chi connectivity index (χ2v) is 11.1. The number of furan rings is 2. The normalized spacial score (nSPS) is 17.0. The minimum Gasteiger partial charge on any atom is -0.456 e. The lowest BCUT2D eigenvalue weighted by Crippen LogP contribution is -2.09. The maximum Gasteiger partial charge on any atom is 0.180 e. The summed E-state index contributed by atoms with van der Waals surface area (Å²) in [6.45, 7) is 0. The van der Waals surface area contributed by atoms with Crippen molar-refractivity contribution in [2.24, 2.45) is 0 Å². The molecule has 5 nitrogen and oxygen atoms in total. The molecule has 240 valence electrons. The standard InChI is InChI=1S/C46H29N3O2/c1-4-13-30(14-5-1)31-23-25-34(26-24-31)49(33-17-8-3-9-18-33)35-27-28-36-41(29-35)50-40-22-12-20-38(42(36)40)46-47-43(32-15-6-2-7-16-32)45-44(48-46)37-19-10-11-21-39(37)51-45/h1-29H/i1D,3D,4D,5D,8D,9D,12D,13D,14D,17D,18D,20D,22D,23D,24D,25D,26D,27D,28D,29D. The minimum absolute atomic E-state index is 0.195. The Morgan fingerprint density at radius 1 is 0.490 bits per heavy atom. The van der Waals surface area contributed by atoms with Gasteiger partial charge < -0.3 is 13.7 Å². The van der Waals surface area contributed by atoms with Gasteiger partial charge in [-0.3, -0.25) is 0 Å². The van der Waals surface area contributed by atoms with Crippen molar-refractivity contribution in [1.82, 2.24) is 9.97 Å². The van der Waals surface area contributed by atoms with Crippen LogP contribution in [0.1, 0.15) is 27.4 Å². The molecule has 0 aliphatic carbocycles. The molecule has 0 saturated heterocycles. The van der Waals surface area contributed by atoms with Gasteiger partial charge >= 0.3 is 0 Å². The van der Waals surface area contributed by atoms with Gasteiger partial charge in [0.15, 0.2) is 11.4 Å². The highest BCUT2D eigenvalue weighted by atomic mass is 16.3. The lowest BCUT2D eigenvalue weighted by Gasteiger charge is -2.25. The third-order valence-electron chi connectivity index (χ3n) is 8.07. The van der Waals surface area contributed by atoms with Gasteiger partial charge in [-0.2, -0.15) is 0 Å². The van der Waals surface area contributed by atoms with E-state index < -0.39 is 160 Å². The quantitative estimate of drug-likeness (QED) is 0.176. The van der Waals surface area contributed by atoms with Gasteiger partial charge in [-0.1, -0.05) is 115 Å². The molecule has 7 aromatic carbocycles. The summed E-state index contributed by atoms with van der Waals surface area (Å²) in [6, 6.07) is -2.17. The maximum atomic E-state index is 9.74. The Kier molecular flexibility index (Phi) is 3.55. The smallest absolute Gasteiger partial charge is 0.180 e. The van der Waals surface area contributed by atoms with Gasteiger partial charge in [-0.15, -0.1) is 0 Å². The molecule has 0 aliphatic rings. The molecule has 0 radical (unpaired) electrons. The number of hydrogen-bond acceptors (Lipinski definition) is 5. The van der Waals surface area contributed by atoms with E-state index in [0.29, 0.717) is 26.9 Å². The minimum atomic E-state index is -1.09. The Balaban J connectivity index is 1.33. The van der Waals surface area contributed by atoms with Crippen molar-refractivity contribution in [3.05, 3.63) is 175 Å². The molecule has 10 aromatic rings. The van der Waals surface area contributed by atoms with Crippen LogP contribution in [0.2, 0.25) is 0 Å². The van der Waals surface area contributed by atoms with Crippen LogP contribution >= 0.6 is 0 Å². The third-order valence-corrected chi connectivity index (χ3v) is 8.07. The van der Waals surface area contributed by atoms with Gasteiger partial charge in [0.25, 0.3) is 0 Å². The molecular formula is C46H29N3O2. The molecule has 51 heavy (non-hydrogen) atoms. The van der Waals surface area contributed by atoms with Gasteiger partial charge in [0, 0.05) is 50.4 Å². The van der Waals surface area contributed by atoms with E-state index in [1.807, 2.05) is 0 Å². The molecule has 0 spiro atoms. The summed E-state index contributed by atoms with van der Waals surface area (Å²) in [7, 11) is 0. The third kappa shape index (κ3) is 4.94. The average Bonchev–Trinajstić information content (AvgIpc) is 3.95. The summed E-state index contributed by atoms with van der Waals surface area (Å²) < 4.78 is 191. The van der Waals surface area contributed by atoms with Crippen LogP contribution in [0.5, 0.6) is 0 Å². The van der Waals surface area contributed by atoms with Gasteiger partial charge in [0.05, 0.1) is 27.4 Å².